The van der Waals surface area contributed by atoms with Crippen molar-refractivity contribution in [1.29, 1.82) is 0 Å². The van der Waals surface area contributed by atoms with Crippen LogP contribution in [0.3, 0.4) is 0 Å². The summed E-state index contributed by atoms with van der Waals surface area (Å²) in [6.45, 7) is 1.86. The van der Waals surface area contributed by atoms with Gasteiger partial charge in [-0.15, -0.1) is 5.10 Å². The Morgan fingerprint density at radius 2 is 2.20 bits per heavy atom. The van der Waals surface area contributed by atoms with Gasteiger partial charge in [0.1, 0.15) is 4.88 Å². The van der Waals surface area contributed by atoms with Gasteiger partial charge in [-0.2, -0.15) is 0 Å². The number of hydrogen-bond acceptors (Lipinski definition) is 6. The van der Waals surface area contributed by atoms with Gasteiger partial charge < -0.3 is 16.2 Å². The number of rotatable bonds is 4. The molecule has 0 atom stereocenters. The summed E-state index contributed by atoms with van der Waals surface area (Å²) in [5, 5.41) is 15.5. The highest BCUT2D eigenvalue weighted by molar-refractivity contribution is 7.08. The van der Waals surface area contributed by atoms with E-state index < -0.39 is 11.9 Å². The molecular weight excluding hydrogens is 280 g/mol. The Morgan fingerprint density at radius 3 is 2.85 bits per heavy atom. The molecule has 1 aromatic heterocycles. The molecule has 1 amide bonds. The maximum Gasteiger partial charge on any atom is 0.337 e. The summed E-state index contributed by atoms with van der Waals surface area (Å²) in [7, 11) is 0. The average molecular weight is 292 g/mol. The first-order valence-electron chi connectivity index (χ1n) is 5.78. The molecule has 0 fully saturated rings. The molecule has 1 heterocycles. The number of nitrogens with two attached hydrogens (primary N) is 1. The van der Waals surface area contributed by atoms with Gasteiger partial charge in [0.2, 0.25) is 0 Å². The Hall–Kier alpha value is -2.48. The highest BCUT2D eigenvalue weighted by Crippen LogP contribution is 2.21. The number of carboxylic acid groups (broad SMARTS) is 1. The minimum Gasteiger partial charge on any atom is -0.478 e. The highest BCUT2D eigenvalue weighted by atomic mass is 32.1. The van der Waals surface area contributed by atoms with E-state index in [9.17, 15) is 9.59 Å². The number of amides is 1. The number of nitrogens with zero attached hydrogens (tertiary/aromatic N) is 2. The molecule has 1 aromatic carbocycles. The van der Waals surface area contributed by atoms with Crippen molar-refractivity contribution >= 4 is 34.8 Å². The molecular formula is C12H12N4O3S. The maximum absolute atomic E-state index is 12.1. The Labute approximate surface area is 118 Å². The largest absolute Gasteiger partial charge is 0.478 e. The van der Waals surface area contributed by atoms with Crippen molar-refractivity contribution in [3.63, 3.8) is 0 Å². The first kappa shape index (κ1) is 13.9. The van der Waals surface area contributed by atoms with Crippen LogP contribution in [0.4, 0.5) is 11.4 Å². The van der Waals surface area contributed by atoms with E-state index in [1.54, 1.807) is 0 Å². The molecule has 0 spiro atoms. The zero-order valence-corrected chi connectivity index (χ0v) is 11.4. The SMILES string of the molecule is CCc1nnsc1C(=O)Nc1cc(N)ccc1C(=O)O. The number of hydrogen-bond donors (Lipinski definition) is 3. The number of nitrogen functional groups attached to an aromatic ring is 1. The van der Waals surface area contributed by atoms with Crippen molar-refractivity contribution < 1.29 is 14.7 Å². The quantitative estimate of drug-likeness (QED) is 0.737. The molecule has 2 aromatic rings. The van der Waals surface area contributed by atoms with Gasteiger partial charge in [0.05, 0.1) is 16.9 Å². The summed E-state index contributed by atoms with van der Waals surface area (Å²) in [5.74, 6) is -1.58. The molecule has 2 rings (SSSR count). The molecule has 0 radical (unpaired) electrons. The lowest BCUT2D eigenvalue weighted by Gasteiger charge is -2.08. The second-order valence-electron chi connectivity index (χ2n) is 3.97. The van der Waals surface area contributed by atoms with Crippen LogP contribution in [0.25, 0.3) is 0 Å². The Bertz CT molecular complexity index is 668. The predicted octanol–water partition coefficient (Wildman–Crippen LogP) is 1.63. The van der Waals surface area contributed by atoms with E-state index in [0.29, 0.717) is 22.7 Å². The maximum atomic E-state index is 12.1. The zero-order chi connectivity index (χ0) is 14.7. The van der Waals surface area contributed by atoms with E-state index in [2.05, 4.69) is 14.9 Å². The van der Waals surface area contributed by atoms with Crippen LogP contribution in [-0.2, 0) is 6.42 Å². The highest BCUT2D eigenvalue weighted by Gasteiger charge is 2.18. The molecule has 0 saturated carbocycles. The van der Waals surface area contributed by atoms with E-state index in [1.165, 1.54) is 18.2 Å². The van der Waals surface area contributed by atoms with E-state index in [-0.39, 0.29) is 11.3 Å². The number of aryl methyl sites for hydroxylation is 1. The third kappa shape index (κ3) is 2.75. The predicted molar refractivity (Wildman–Crippen MR) is 75.1 cm³/mol. The number of nitrogens with one attached hydrogen (secondary N) is 1. The first-order valence-corrected chi connectivity index (χ1v) is 6.55. The second-order valence-corrected chi connectivity index (χ2v) is 4.72. The van der Waals surface area contributed by atoms with Crippen LogP contribution in [0.1, 0.15) is 32.6 Å². The minimum absolute atomic E-state index is 0.0249. The van der Waals surface area contributed by atoms with Crippen LogP contribution in [0.2, 0.25) is 0 Å². The van der Waals surface area contributed by atoms with Gasteiger partial charge in [-0.1, -0.05) is 11.4 Å². The minimum atomic E-state index is -1.14. The Balaban J connectivity index is 2.32. The summed E-state index contributed by atoms with van der Waals surface area (Å²) < 4.78 is 3.72. The fraction of sp³-hybridized carbons (Fsp3) is 0.167. The first-order chi connectivity index (χ1) is 9.52. The summed E-state index contributed by atoms with van der Waals surface area (Å²) in [6.07, 6.45) is 0.571. The number of anilines is 2. The molecule has 7 nitrogen and oxygen atoms in total. The number of carboxylic acids is 1. The summed E-state index contributed by atoms with van der Waals surface area (Å²) in [4.78, 5) is 23.6. The zero-order valence-electron chi connectivity index (χ0n) is 10.6. The number of aromatic carboxylic acids is 1. The third-order valence-corrected chi connectivity index (χ3v) is 3.39. The van der Waals surface area contributed by atoms with Gasteiger partial charge in [-0.05, 0) is 36.2 Å². The summed E-state index contributed by atoms with van der Waals surface area (Å²) in [6, 6.07) is 4.21. The van der Waals surface area contributed by atoms with Crippen LogP contribution in [0.5, 0.6) is 0 Å². The van der Waals surface area contributed by atoms with Crippen molar-refractivity contribution in [2.45, 2.75) is 13.3 Å². The van der Waals surface area contributed by atoms with Crippen molar-refractivity contribution in [1.82, 2.24) is 9.59 Å². The fourth-order valence-electron chi connectivity index (χ4n) is 1.64. The van der Waals surface area contributed by atoms with Gasteiger partial charge in [0.15, 0.2) is 0 Å². The lowest BCUT2D eigenvalue weighted by Crippen LogP contribution is -2.15. The van der Waals surface area contributed by atoms with Crippen LogP contribution in [0, 0.1) is 0 Å². The van der Waals surface area contributed by atoms with Gasteiger partial charge in [0.25, 0.3) is 5.91 Å². The second kappa shape index (κ2) is 5.66. The third-order valence-electron chi connectivity index (χ3n) is 2.62. The molecule has 104 valence electrons. The van der Waals surface area contributed by atoms with Crippen molar-refractivity contribution in [3.05, 3.63) is 34.3 Å². The molecule has 20 heavy (non-hydrogen) atoms. The van der Waals surface area contributed by atoms with Gasteiger partial charge in [-0.3, -0.25) is 4.79 Å². The van der Waals surface area contributed by atoms with Crippen LogP contribution >= 0.6 is 11.5 Å². The summed E-state index contributed by atoms with van der Waals surface area (Å²) >= 11 is 0.968. The molecule has 0 saturated heterocycles. The van der Waals surface area contributed by atoms with E-state index in [0.717, 1.165) is 11.5 Å². The standard InChI is InChI=1S/C12H12N4O3S/c1-2-8-10(20-16-15-8)11(17)14-9-5-6(13)3-4-7(9)12(18)19/h3-5H,2,13H2,1H3,(H,14,17)(H,18,19). The topological polar surface area (TPSA) is 118 Å². The monoisotopic (exact) mass is 292 g/mol. The Morgan fingerprint density at radius 1 is 1.45 bits per heavy atom. The van der Waals surface area contributed by atoms with Crippen LogP contribution in [-0.4, -0.2) is 26.6 Å². The normalized spacial score (nSPS) is 10.2. The van der Waals surface area contributed by atoms with Gasteiger partial charge >= 0.3 is 5.97 Å². The molecule has 0 unspecified atom stereocenters. The van der Waals surface area contributed by atoms with E-state index in [4.69, 9.17) is 10.8 Å². The van der Waals surface area contributed by atoms with E-state index in [1.807, 2.05) is 6.92 Å². The summed E-state index contributed by atoms with van der Waals surface area (Å²) in [5.41, 5.74) is 6.68. The number of benzene rings is 1. The molecule has 8 heteroatoms. The van der Waals surface area contributed by atoms with Crippen LogP contribution < -0.4 is 11.1 Å². The smallest absolute Gasteiger partial charge is 0.337 e. The Kier molecular flexibility index (Phi) is 3.94. The number of carbonyl (C=O) groups excluding carboxylic acids is 1. The fourth-order valence-corrected chi connectivity index (χ4v) is 2.29. The van der Waals surface area contributed by atoms with Crippen LogP contribution in [0.15, 0.2) is 18.2 Å². The lowest BCUT2D eigenvalue weighted by molar-refractivity contribution is 0.0698. The molecule has 4 N–H and O–H groups in total. The molecule has 0 bridgehead atoms. The van der Waals surface area contributed by atoms with E-state index >= 15 is 0 Å². The van der Waals surface area contributed by atoms with Gasteiger partial charge in [-0.25, -0.2) is 4.79 Å². The number of carbonyl (C=O) groups is 2. The van der Waals surface area contributed by atoms with Crippen molar-refractivity contribution in [3.8, 4) is 0 Å². The lowest BCUT2D eigenvalue weighted by atomic mass is 10.1. The molecule has 0 aliphatic rings. The number of aromatic nitrogens is 2. The molecule has 0 aliphatic carbocycles. The van der Waals surface area contributed by atoms with Gasteiger partial charge in [0, 0.05) is 5.69 Å². The molecule has 0 aliphatic heterocycles. The van der Waals surface area contributed by atoms with Crippen molar-refractivity contribution in [2.75, 3.05) is 11.1 Å². The van der Waals surface area contributed by atoms with Crippen molar-refractivity contribution in [2.24, 2.45) is 0 Å². The average Bonchev–Trinajstić information content (AvgIpc) is 2.86.